The molecule has 0 N–H and O–H groups in total. The lowest BCUT2D eigenvalue weighted by molar-refractivity contribution is 0.823. The van der Waals surface area contributed by atoms with Crippen LogP contribution in [0.15, 0.2) is 145 Å². The smallest absolute Gasteiger partial charge is 0.217 e. The molecule has 0 saturated heterocycles. The van der Waals surface area contributed by atoms with Crippen molar-refractivity contribution in [3.05, 3.63) is 168 Å². The normalized spacial score (nSPS) is 12.0. The average molecular weight is 525 g/mol. The minimum atomic E-state index is -0.302. The van der Waals surface area contributed by atoms with Gasteiger partial charge in [-0.2, -0.15) is 0 Å². The van der Waals surface area contributed by atoms with E-state index < -0.39 is 0 Å². The van der Waals surface area contributed by atoms with Crippen LogP contribution >= 0.6 is 0 Å². The Labute approximate surface area is 236 Å². The van der Waals surface area contributed by atoms with Gasteiger partial charge >= 0.3 is 0 Å². The second-order valence-electron chi connectivity index (χ2n) is 10.4. The minimum absolute atomic E-state index is 0.302. The lowest BCUT2D eigenvalue weighted by Gasteiger charge is -2.18. The molecule has 5 rings (SSSR count). The van der Waals surface area contributed by atoms with Crippen LogP contribution in [0.3, 0.4) is 0 Å². The molecule has 0 radical (unpaired) electrons. The monoisotopic (exact) mass is 524 g/mol. The van der Waals surface area contributed by atoms with Crippen molar-refractivity contribution in [1.82, 2.24) is 9.55 Å². The Kier molecular flexibility index (Phi) is 9.43. The summed E-state index contributed by atoms with van der Waals surface area (Å²) in [5, 5.41) is 0. The van der Waals surface area contributed by atoms with Crippen molar-refractivity contribution in [2.24, 2.45) is 0 Å². The van der Waals surface area contributed by atoms with Gasteiger partial charge in [-0.1, -0.05) is 133 Å². The fourth-order valence-corrected chi connectivity index (χ4v) is 7.17. The van der Waals surface area contributed by atoms with E-state index in [2.05, 4.69) is 145 Å². The molecule has 194 valence electrons. The molecule has 4 aromatic carbocycles. The highest BCUT2D eigenvalue weighted by Crippen LogP contribution is 2.29. The molecule has 4 heteroatoms. The molecule has 39 heavy (non-hydrogen) atoms. The molecule has 0 spiro atoms. The van der Waals surface area contributed by atoms with Crippen molar-refractivity contribution in [3.63, 3.8) is 0 Å². The molecule has 0 unspecified atom stereocenters. The van der Waals surface area contributed by atoms with Crippen LogP contribution in [0.5, 0.6) is 0 Å². The standard InChI is InChI=1S/C35H37BN2Si/c1-28(22-23-33(29-14-6-2-7-15-29)30-16-8-3-9-17-30)26-39-27-38-25-24-37-35(38)36-34(31-18-10-4-11-19-31)32-20-12-5-13-21-32/h2-22,24-25,33-34,36H,23,26-27,39H2,1H3. The Morgan fingerprint density at radius 1 is 0.744 bits per heavy atom. The molecule has 0 saturated carbocycles. The summed E-state index contributed by atoms with van der Waals surface area (Å²) in [7, 11) is 0.615. The molecule has 0 aliphatic rings. The molecule has 0 aliphatic heterocycles. The molecule has 1 heterocycles. The van der Waals surface area contributed by atoms with E-state index in [0.29, 0.717) is 11.7 Å². The molecule has 0 fully saturated rings. The Bertz CT molecular complexity index is 1350. The van der Waals surface area contributed by atoms with Crippen LogP contribution in [0.2, 0.25) is 6.04 Å². The predicted octanol–water partition coefficient (Wildman–Crippen LogP) is 6.45. The Hall–Kier alpha value is -3.89. The fourth-order valence-electron chi connectivity index (χ4n) is 5.50. The zero-order chi connectivity index (χ0) is 26.7. The van der Waals surface area contributed by atoms with E-state index in [1.165, 1.54) is 39.6 Å². The van der Waals surface area contributed by atoms with Gasteiger partial charge in [-0.25, -0.2) is 0 Å². The van der Waals surface area contributed by atoms with Gasteiger partial charge in [-0.3, -0.25) is 4.98 Å². The molecule has 0 aliphatic carbocycles. The molecule has 1 aromatic heterocycles. The van der Waals surface area contributed by atoms with Crippen molar-refractivity contribution in [3.8, 4) is 0 Å². The first-order valence-corrected chi connectivity index (χ1v) is 16.1. The van der Waals surface area contributed by atoms with Crippen molar-refractivity contribution >= 4 is 22.5 Å². The first kappa shape index (κ1) is 26.7. The Morgan fingerprint density at radius 3 is 1.74 bits per heavy atom. The van der Waals surface area contributed by atoms with E-state index in [9.17, 15) is 0 Å². The van der Waals surface area contributed by atoms with Crippen molar-refractivity contribution in [1.29, 1.82) is 0 Å². The van der Waals surface area contributed by atoms with Crippen LogP contribution < -0.4 is 5.72 Å². The first-order chi connectivity index (χ1) is 19.3. The van der Waals surface area contributed by atoms with Crippen LogP contribution in [0.25, 0.3) is 0 Å². The molecule has 2 nitrogen and oxygen atoms in total. The minimum Gasteiger partial charge on any atom is -0.347 e. The van der Waals surface area contributed by atoms with Crippen LogP contribution in [-0.2, 0) is 6.17 Å². The van der Waals surface area contributed by atoms with E-state index in [-0.39, 0.29) is 9.52 Å². The van der Waals surface area contributed by atoms with Crippen molar-refractivity contribution < 1.29 is 0 Å². The Balaban J connectivity index is 1.22. The average Bonchev–Trinajstić information content (AvgIpc) is 3.45. The summed E-state index contributed by atoms with van der Waals surface area (Å²) in [6, 6.07) is 44.8. The number of benzene rings is 4. The van der Waals surface area contributed by atoms with E-state index in [4.69, 9.17) is 4.98 Å². The second-order valence-corrected chi connectivity index (χ2v) is 12.0. The molecular weight excluding hydrogens is 487 g/mol. The number of nitrogens with zero attached hydrogens (tertiary/aromatic N) is 2. The zero-order valence-corrected chi connectivity index (χ0v) is 24.3. The highest BCUT2D eigenvalue weighted by molar-refractivity contribution is 6.54. The van der Waals surface area contributed by atoms with Gasteiger partial charge in [0.2, 0.25) is 7.28 Å². The van der Waals surface area contributed by atoms with Crippen molar-refractivity contribution in [2.45, 2.75) is 37.3 Å². The summed E-state index contributed by atoms with van der Waals surface area (Å²) in [6.45, 7) is 2.32. The summed E-state index contributed by atoms with van der Waals surface area (Å²) in [5.74, 6) is 0.710. The van der Waals surface area contributed by atoms with Crippen LogP contribution in [0.1, 0.15) is 47.3 Å². The number of imidazole rings is 1. The maximum Gasteiger partial charge on any atom is 0.217 e. The molecule has 0 bridgehead atoms. The third-order valence-corrected chi connectivity index (χ3v) is 9.61. The Morgan fingerprint density at radius 2 is 1.23 bits per heavy atom. The largest absolute Gasteiger partial charge is 0.347 e. The second kappa shape index (κ2) is 13.8. The lowest BCUT2D eigenvalue weighted by Crippen LogP contribution is -2.32. The van der Waals surface area contributed by atoms with Gasteiger partial charge in [-0.05, 0) is 47.5 Å². The maximum absolute atomic E-state index is 4.80. The number of aromatic nitrogens is 2. The van der Waals surface area contributed by atoms with Crippen LogP contribution in [0, 0.1) is 0 Å². The van der Waals surface area contributed by atoms with Gasteiger partial charge in [0.15, 0.2) is 0 Å². The predicted molar refractivity (Wildman–Crippen MR) is 170 cm³/mol. The van der Waals surface area contributed by atoms with Gasteiger partial charge in [0.1, 0.15) is 0 Å². The number of hydrogen-bond donors (Lipinski definition) is 0. The summed E-state index contributed by atoms with van der Waals surface area (Å²) in [5.41, 5.74) is 8.18. The van der Waals surface area contributed by atoms with E-state index >= 15 is 0 Å². The van der Waals surface area contributed by atoms with Crippen LogP contribution in [-0.4, -0.2) is 26.4 Å². The van der Waals surface area contributed by atoms with Gasteiger partial charge in [0.25, 0.3) is 0 Å². The first-order valence-electron chi connectivity index (χ1n) is 14.1. The number of rotatable bonds is 12. The highest BCUT2D eigenvalue weighted by Gasteiger charge is 2.19. The maximum atomic E-state index is 4.80. The lowest BCUT2D eigenvalue weighted by atomic mass is 9.58. The van der Waals surface area contributed by atoms with E-state index in [1.54, 1.807) is 0 Å². The summed E-state index contributed by atoms with van der Waals surface area (Å²) < 4.78 is 2.41. The third kappa shape index (κ3) is 7.36. The molecule has 0 atom stereocenters. The SMILES string of the molecule is CC(=CCC(c1ccccc1)c1ccccc1)C[SiH2]Cn1ccnc1BC(c1ccccc1)c1ccccc1. The molecule has 5 aromatic rings. The van der Waals surface area contributed by atoms with Gasteiger partial charge < -0.3 is 4.57 Å². The van der Waals surface area contributed by atoms with Gasteiger partial charge in [0, 0.05) is 34.0 Å². The van der Waals surface area contributed by atoms with E-state index in [0.717, 1.165) is 19.9 Å². The van der Waals surface area contributed by atoms with Crippen molar-refractivity contribution in [2.75, 3.05) is 0 Å². The third-order valence-electron chi connectivity index (χ3n) is 7.67. The molecular formula is C35H37BN2Si. The highest BCUT2D eigenvalue weighted by atomic mass is 28.2. The van der Waals surface area contributed by atoms with Gasteiger partial charge in [0.05, 0.1) is 5.72 Å². The van der Waals surface area contributed by atoms with E-state index in [1.807, 2.05) is 6.20 Å². The summed E-state index contributed by atoms with van der Waals surface area (Å²) >= 11 is 0. The fraction of sp³-hybridized carbons (Fsp3) is 0.171. The summed E-state index contributed by atoms with van der Waals surface area (Å²) in [4.78, 5) is 4.80. The number of hydrogen-bond acceptors (Lipinski definition) is 1. The topological polar surface area (TPSA) is 17.8 Å². The number of allylic oxidation sites excluding steroid dienone is 2. The van der Waals surface area contributed by atoms with Crippen LogP contribution in [0.4, 0.5) is 0 Å². The quantitative estimate of drug-likeness (QED) is 0.136. The summed E-state index contributed by atoms with van der Waals surface area (Å²) in [6.07, 6.45) is 8.80. The zero-order valence-electron chi connectivity index (χ0n) is 22.9. The molecule has 0 amide bonds. The van der Waals surface area contributed by atoms with Gasteiger partial charge in [-0.15, -0.1) is 0 Å².